The lowest BCUT2D eigenvalue weighted by Gasteiger charge is -2.27. The van der Waals surface area contributed by atoms with E-state index in [9.17, 15) is 14.4 Å². The van der Waals surface area contributed by atoms with Gasteiger partial charge in [-0.2, -0.15) is 0 Å². The number of Topliss-reactive ketones (excluding diaryl/α,β-unsaturated/α-hetero) is 2. The van der Waals surface area contributed by atoms with Gasteiger partial charge in [0.1, 0.15) is 5.92 Å². The standard InChI is InChI=1S/C29H26N2O3/c1-18-10-12-20(13-11-18)26-25(27(32)21-7-5-6-19(2)16-21)28(33)29(34)31(26)15-14-22-17-30-24-9-4-3-8-23(22)24/h3-13,16-17,25-26,30H,14-15H2,1-2H3. The van der Waals surface area contributed by atoms with E-state index in [0.717, 1.165) is 33.2 Å². The summed E-state index contributed by atoms with van der Waals surface area (Å²) in [6.45, 7) is 4.24. The summed E-state index contributed by atoms with van der Waals surface area (Å²) in [6.07, 6.45) is 2.53. The highest BCUT2D eigenvalue weighted by Crippen LogP contribution is 2.38. The smallest absolute Gasteiger partial charge is 0.291 e. The van der Waals surface area contributed by atoms with Gasteiger partial charge in [0.05, 0.1) is 6.04 Å². The van der Waals surface area contributed by atoms with Crippen LogP contribution in [0.25, 0.3) is 10.9 Å². The molecule has 4 aromatic rings. The summed E-state index contributed by atoms with van der Waals surface area (Å²) in [6, 6.07) is 22.3. The number of nitrogens with one attached hydrogen (secondary N) is 1. The van der Waals surface area contributed by atoms with Crippen LogP contribution in [0.1, 0.15) is 38.7 Å². The van der Waals surface area contributed by atoms with E-state index in [0.29, 0.717) is 18.5 Å². The van der Waals surface area contributed by atoms with Crippen LogP contribution >= 0.6 is 0 Å². The van der Waals surface area contributed by atoms with Crippen LogP contribution < -0.4 is 0 Å². The van der Waals surface area contributed by atoms with Crippen molar-refractivity contribution in [3.05, 3.63) is 107 Å². The lowest BCUT2D eigenvalue weighted by atomic mass is 9.85. The fourth-order valence-electron chi connectivity index (χ4n) is 4.92. The SMILES string of the molecule is Cc1ccc(C2C(C(=O)c3cccc(C)c3)C(=O)C(=O)N2CCc2c[nH]c3ccccc23)cc1. The Morgan fingerprint density at radius 2 is 1.68 bits per heavy atom. The molecule has 5 heteroatoms. The molecule has 1 aromatic heterocycles. The molecule has 0 spiro atoms. The number of para-hydroxylation sites is 1. The van der Waals surface area contributed by atoms with E-state index < -0.39 is 23.7 Å². The predicted molar refractivity (Wildman–Crippen MR) is 132 cm³/mol. The first-order valence-corrected chi connectivity index (χ1v) is 11.5. The molecule has 1 aliphatic rings. The molecular weight excluding hydrogens is 424 g/mol. The number of ketones is 2. The second kappa shape index (κ2) is 8.75. The lowest BCUT2D eigenvalue weighted by Crippen LogP contribution is -2.32. The number of hydrogen-bond acceptors (Lipinski definition) is 3. The van der Waals surface area contributed by atoms with Crippen LogP contribution in [0.2, 0.25) is 0 Å². The minimum atomic E-state index is -1.06. The highest BCUT2D eigenvalue weighted by atomic mass is 16.2. The van der Waals surface area contributed by atoms with Crippen LogP contribution in [0.3, 0.4) is 0 Å². The molecular formula is C29H26N2O3. The zero-order valence-electron chi connectivity index (χ0n) is 19.2. The monoisotopic (exact) mass is 450 g/mol. The Kier molecular flexibility index (Phi) is 5.62. The third-order valence-electron chi connectivity index (χ3n) is 6.71. The number of aromatic amines is 1. The number of amides is 1. The lowest BCUT2D eigenvalue weighted by molar-refractivity contribution is -0.140. The highest BCUT2D eigenvalue weighted by Gasteiger charge is 2.51. The van der Waals surface area contributed by atoms with Gasteiger partial charge in [0.15, 0.2) is 5.78 Å². The zero-order chi connectivity index (χ0) is 23.8. The summed E-state index contributed by atoms with van der Waals surface area (Å²) in [7, 11) is 0. The van der Waals surface area contributed by atoms with Gasteiger partial charge in [0.25, 0.3) is 5.91 Å². The Bertz CT molecular complexity index is 1400. The van der Waals surface area contributed by atoms with E-state index in [1.807, 2.05) is 74.6 Å². The van der Waals surface area contributed by atoms with Crippen LogP contribution in [0.5, 0.6) is 0 Å². The molecule has 34 heavy (non-hydrogen) atoms. The van der Waals surface area contributed by atoms with E-state index in [-0.39, 0.29) is 5.78 Å². The summed E-state index contributed by atoms with van der Waals surface area (Å²) in [4.78, 5) is 44.8. The molecule has 1 aliphatic heterocycles. The molecule has 5 nitrogen and oxygen atoms in total. The number of hydrogen-bond donors (Lipinski definition) is 1. The van der Waals surface area contributed by atoms with Crippen LogP contribution in [-0.4, -0.2) is 33.9 Å². The van der Waals surface area contributed by atoms with Gasteiger partial charge in [-0.3, -0.25) is 14.4 Å². The molecule has 1 amide bonds. The molecule has 2 unspecified atom stereocenters. The molecule has 0 radical (unpaired) electrons. The average molecular weight is 451 g/mol. The Labute approximate surface area is 198 Å². The molecule has 0 bridgehead atoms. The van der Waals surface area contributed by atoms with E-state index >= 15 is 0 Å². The van der Waals surface area contributed by atoms with E-state index in [1.165, 1.54) is 0 Å². The molecule has 1 saturated heterocycles. The Morgan fingerprint density at radius 1 is 0.912 bits per heavy atom. The Balaban J connectivity index is 1.51. The van der Waals surface area contributed by atoms with Gasteiger partial charge in [-0.05, 0) is 43.5 Å². The van der Waals surface area contributed by atoms with Crippen molar-refractivity contribution in [2.75, 3.05) is 6.54 Å². The fourth-order valence-corrected chi connectivity index (χ4v) is 4.92. The van der Waals surface area contributed by atoms with Crippen molar-refractivity contribution < 1.29 is 14.4 Å². The van der Waals surface area contributed by atoms with Crippen LogP contribution in [0.4, 0.5) is 0 Å². The molecule has 2 heterocycles. The first kappa shape index (κ1) is 21.8. The van der Waals surface area contributed by atoms with Gasteiger partial charge < -0.3 is 9.88 Å². The summed E-state index contributed by atoms with van der Waals surface area (Å²) in [5.74, 6) is -2.57. The number of benzene rings is 3. The maximum absolute atomic E-state index is 13.6. The van der Waals surface area contributed by atoms with Gasteiger partial charge in [-0.25, -0.2) is 0 Å². The number of carbonyl (C=O) groups excluding carboxylic acids is 3. The summed E-state index contributed by atoms with van der Waals surface area (Å²) in [5, 5.41) is 1.10. The normalized spacial score (nSPS) is 18.1. The van der Waals surface area contributed by atoms with Crippen LogP contribution in [-0.2, 0) is 16.0 Å². The second-order valence-corrected chi connectivity index (χ2v) is 9.04. The number of rotatable bonds is 6. The number of H-pyrrole nitrogens is 1. The third-order valence-corrected chi connectivity index (χ3v) is 6.71. The van der Waals surface area contributed by atoms with Crippen molar-refractivity contribution in [3.8, 4) is 0 Å². The summed E-state index contributed by atoms with van der Waals surface area (Å²) < 4.78 is 0. The Hall–Kier alpha value is -3.99. The molecule has 3 aromatic carbocycles. The molecule has 1 N–H and O–H groups in total. The second-order valence-electron chi connectivity index (χ2n) is 9.04. The predicted octanol–water partition coefficient (Wildman–Crippen LogP) is 4.98. The number of aromatic nitrogens is 1. The number of likely N-dealkylation sites (tertiary alicyclic amines) is 1. The van der Waals surface area contributed by atoms with Crippen molar-refractivity contribution >= 4 is 28.4 Å². The molecule has 170 valence electrons. The van der Waals surface area contributed by atoms with Crippen molar-refractivity contribution in [2.24, 2.45) is 5.92 Å². The topological polar surface area (TPSA) is 70.2 Å². The molecule has 0 aliphatic carbocycles. The van der Waals surface area contributed by atoms with Crippen molar-refractivity contribution in [1.82, 2.24) is 9.88 Å². The van der Waals surface area contributed by atoms with E-state index in [1.54, 1.807) is 23.1 Å². The van der Waals surface area contributed by atoms with Gasteiger partial charge in [0, 0.05) is 29.2 Å². The quantitative estimate of drug-likeness (QED) is 0.256. The van der Waals surface area contributed by atoms with E-state index in [4.69, 9.17) is 0 Å². The van der Waals surface area contributed by atoms with Crippen molar-refractivity contribution in [2.45, 2.75) is 26.3 Å². The maximum Gasteiger partial charge on any atom is 0.291 e. The highest BCUT2D eigenvalue weighted by molar-refractivity contribution is 6.44. The fraction of sp³-hybridized carbons (Fsp3) is 0.207. The summed E-state index contributed by atoms with van der Waals surface area (Å²) >= 11 is 0. The largest absolute Gasteiger partial charge is 0.361 e. The number of nitrogens with zero attached hydrogens (tertiary/aromatic N) is 1. The minimum absolute atomic E-state index is 0.304. The summed E-state index contributed by atoms with van der Waals surface area (Å²) in [5.41, 5.74) is 5.38. The van der Waals surface area contributed by atoms with Crippen molar-refractivity contribution in [3.63, 3.8) is 0 Å². The third kappa shape index (κ3) is 3.83. The van der Waals surface area contributed by atoms with Gasteiger partial charge in [-0.1, -0.05) is 71.8 Å². The van der Waals surface area contributed by atoms with Gasteiger partial charge >= 0.3 is 0 Å². The van der Waals surface area contributed by atoms with Gasteiger partial charge in [-0.15, -0.1) is 0 Å². The molecule has 5 rings (SSSR count). The van der Waals surface area contributed by atoms with Crippen LogP contribution in [0, 0.1) is 19.8 Å². The minimum Gasteiger partial charge on any atom is -0.361 e. The van der Waals surface area contributed by atoms with Crippen molar-refractivity contribution in [1.29, 1.82) is 0 Å². The van der Waals surface area contributed by atoms with Gasteiger partial charge in [0.2, 0.25) is 5.78 Å². The number of carbonyl (C=O) groups is 3. The zero-order valence-corrected chi connectivity index (χ0v) is 19.2. The molecule has 2 atom stereocenters. The number of fused-ring (bicyclic) bond motifs is 1. The first-order valence-electron chi connectivity index (χ1n) is 11.5. The van der Waals surface area contributed by atoms with E-state index in [2.05, 4.69) is 4.98 Å². The number of aryl methyl sites for hydroxylation is 2. The Morgan fingerprint density at radius 3 is 2.44 bits per heavy atom. The first-order chi connectivity index (χ1) is 16.4. The van der Waals surface area contributed by atoms with Crippen LogP contribution in [0.15, 0.2) is 79.0 Å². The molecule has 0 saturated carbocycles. The molecule has 1 fully saturated rings. The maximum atomic E-state index is 13.6. The average Bonchev–Trinajstić information content (AvgIpc) is 3.36.